The van der Waals surface area contributed by atoms with Gasteiger partial charge in [0.05, 0.1) is 0 Å². The normalized spacial score (nSPS) is 8.36. The third kappa shape index (κ3) is 10.9. The van der Waals surface area contributed by atoms with E-state index in [0.29, 0.717) is 19.4 Å². The van der Waals surface area contributed by atoms with Crippen molar-refractivity contribution in [3.8, 4) is 0 Å². The number of nitrogens with one attached hydrogen (secondary N) is 1. The van der Waals surface area contributed by atoms with Gasteiger partial charge in [0, 0.05) is 34.0 Å². The lowest BCUT2D eigenvalue weighted by Gasteiger charge is -2.09. The summed E-state index contributed by atoms with van der Waals surface area (Å²) in [6, 6.07) is 0. The lowest BCUT2D eigenvalue weighted by Crippen LogP contribution is -2.25. The summed E-state index contributed by atoms with van der Waals surface area (Å²) in [5, 5.41) is 2.63. The van der Waals surface area contributed by atoms with Gasteiger partial charge in [-0.15, -0.1) is 0 Å². The molecule has 2 amide bonds. The van der Waals surface area contributed by atoms with Gasteiger partial charge in [-0.3, -0.25) is 9.59 Å². The van der Waals surface area contributed by atoms with Crippen LogP contribution in [0.1, 0.15) is 19.8 Å². The lowest BCUT2D eigenvalue weighted by molar-refractivity contribution is -0.129. The monoisotopic (exact) mass is 203 g/mol. The molecule has 5 heteroatoms. The van der Waals surface area contributed by atoms with Crippen LogP contribution in [0.25, 0.3) is 0 Å². The van der Waals surface area contributed by atoms with E-state index in [0.717, 1.165) is 0 Å². The average Bonchev–Trinajstić information content (AvgIpc) is 2.15. The van der Waals surface area contributed by atoms with Crippen molar-refractivity contribution in [3.63, 3.8) is 0 Å². The molecule has 3 N–H and O–H groups in total. The first-order valence-corrected chi connectivity index (χ1v) is 4.56. The van der Waals surface area contributed by atoms with Gasteiger partial charge in [0.2, 0.25) is 11.8 Å². The van der Waals surface area contributed by atoms with Gasteiger partial charge >= 0.3 is 0 Å². The number of nitrogens with two attached hydrogens (primary N) is 1. The van der Waals surface area contributed by atoms with E-state index in [-0.39, 0.29) is 11.8 Å². The molecule has 0 spiro atoms. The topological polar surface area (TPSA) is 75.4 Å². The van der Waals surface area contributed by atoms with Crippen LogP contribution >= 0.6 is 0 Å². The molecule has 0 unspecified atom stereocenters. The summed E-state index contributed by atoms with van der Waals surface area (Å²) in [6.07, 6.45) is 1.20. The molecular weight excluding hydrogens is 182 g/mol. The molecule has 0 radical (unpaired) electrons. The van der Waals surface area contributed by atoms with Crippen molar-refractivity contribution >= 4 is 11.8 Å². The Kier molecular flexibility index (Phi) is 11.0. The van der Waals surface area contributed by atoms with Crippen LogP contribution in [0.3, 0.4) is 0 Å². The molecule has 0 aromatic rings. The Labute approximate surface area is 85.6 Å². The molecule has 0 aromatic heterocycles. The lowest BCUT2D eigenvalue weighted by atomic mass is 10.3. The molecule has 0 bridgehead atoms. The van der Waals surface area contributed by atoms with E-state index in [9.17, 15) is 9.59 Å². The van der Waals surface area contributed by atoms with Gasteiger partial charge in [-0.2, -0.15) is 0 Å². The number of hydrogen-bond acceptors (Lipinski definition) is 3. The minimum absolute atomic E-state index is 0.0488. The second-order valence-electron chi connectivity index (χ2n) is 2.87. The fraction of sp³-hybridized carbons (Fsp3) is 0.778. The fourth-order valence-corrected chi connectivity index (χ4v) is 0.728. The molecule has 0 atom stereocenters. The van der Waals surface area contributed by atoms with E-state index in [2.05, 4.69) is 11.1 Å². The molecule has 0 aliphatic heterocycles. The summed E-state index contributed by atoms with van der Waals surface area (Å²) >= 11 is 0. The Balaban J connectivity index is 0. The van der Waals surface area contributed by atoms with Crippen molar-refractivity contribution in [2.75, 3.05) is 27.7 Å². The van der Waals surface area contributed by atoms with Gasteiger partial charge in [0.25, 0.3) is 0 Å². The van der Waals surface area contributed by atoms with E-state index in [4.69, 9.17) is 0 Å². The van der Waals surface area contributed by atoms with Gasteiger partial charge in [-0.25, -0.2) is 0 Å². The highest BCUT2D eigenvalue weighted by molar-refractivity contribution is 5.75. The first kappa shape index (κ1) is 15.4. The van der Waals surface area contributed by atoms with Gasteiger partial charge < -0.3 is 16.0 Å². The zero-order valence-electron chi connectivity index (χ0n) is 9.46. The highest BCUT2D eigenvalue weighted by Gasteiger charge is 2.02. The van der Waals surface area contributed by atoms with E-state index < -0.39 is 0 Å². The van der Waals surface area contributed by atoms with Gasteiger partial charge in [-0.1, -0.05) is 0 Å². The molecule has 5 nitrogen and oxygen atoms in total. The van der Waals surface area contributed by atoms with Gasteiger partial charge in [0.1, 0.15) is 0 Å². The SMILES string of the molecule is CC(=O)NCCCC(=O)N(C)C.CN. The van der Waals surface area contributed by atoms with Gasteiger partial charge in [0.15, 0.2) is 0 Å². The second kappa shape index (κ2) is 9.98. The average molecular weight is 203 g/mol. The van der Waals surface area contributed by atoms with Crippen LogP contribution in [0.5, 0.6) is 0 Å². The maximum Gasteiger partial charge on any atom is 0.222 e. The summed E-state index contributed by atoms with van der Waals surface area (Å²) in [6.45, 7) is 2.04. The zero-order valence-corrected chi connectivity index (χ0v) is 9.46. The molecule has 0 rings (SSSR count). The molecule has 0 fully saturated rings. The van der Waals surface area contributed by atoms with Crippen LogP contribution in [0, 0.1) is 0 Å². The smallest absolute Gasteiger partial charge is 0.222 e. The number of rotatable bonds is 4. The van der Waals surface area contributed by atoms with Crippen molar-refractivity contribution in [2.45, 2.75) is 19.8 Å². The molecule has 0 heterocycles. The molecule has 0 aliphatic carbocycles. The van der Waals surface area contributed by atoms with Crippen molar-refractivity contribution in [2.24, 2.45) is 5.73 Å². The van der Waals surface area contributed by atoms with Crippen molar-refractivity contribution in [1.82, 2.24) is 10.2 Å². The van der Waals surface area contributed by atoms with Crippen LogP contribution in [-0.2, 0) is 9.59 Å². The van der Waals surface area contributed by atoms with Crippen LogP contribution in [0.15, 0.2) is 0 Å². The van der Waals surface area contributed by atoms with Gasteiger partial charge in [-0.05, 0) is 13.5 Å². The quantitative estimate of drug-likeness (QED) is 0.609. The highest BCUT2D eigenvalue weighted by atomic mass is 16.2. The van der Waals surface area contributed by atoms with E-state index in [1.165, 1.54) is 14.0 Å². The largest absolute Gasteiger partial charge is 0.356 e. The molecule has 0 aromatic carbocycles. The summed E-state index contributed by atoms with van der Waals surface area (Å²) in [5.74, 6) is 0.0488. The number of carbonyl (C=O) groups is 2. The summed E-state index contributed by atoms with van der Waals surface area (Å²) in [7, 11) is 4.95. The number of nitrogens with zero attached hydrogens (tertiary/aromatic N) is 1. The van der Waals surface area contributed by atoms with Crippen LogP contribution in [0.4, 0.5) is 0 Å². The Morgan fingerprint density at radius 1 is 1.29 bits per heavy atom. The molecular formula is C9H21N3O2. The Morgan fingerprint density at radius 3 is 2.14 bits per heavy atom. The number of amides is 2. The molecule has 0 saturated carbocycles. The molecule has 84 valence electrons. The first-order valence-electron chi connectivity index (χ1n) is 4.56. The van der Waals surface area contributed by atoms with Crippen LogP contribution < -0.4 is 11.1 Å². The Bertz CT molecular complexity index is 169. The minimum Gasteiger partial charge on any atom is -0.356 e. The minimum atomic E-state index is -0.0488. The second-order valence-corrected chi connectivity index (χ2v) is 2.87. The third-order valence-electron chi connectivity index (χ3n) is 1.44. The Hall–Kier alpha value is -1.10. The van der Waals surface area contributed by atoms with E-state index >= 15 is 0 Å². The molecule has 0 aliphatic rings. The Morgan fingerprint density at radius 2 is 1.79 bits per heavy atom. The zero-order chi connectivity index (χ0) is 11.6. The third-order valence-corrected chi connectivity index (χ3v) is 1.44. The summed E-state index contributed by atoms with van der Waals surface area (Å²) in [5.41, 5.74) is 4.50. The van der Waals surface area contributed by atoms with Crippen molar-refractivity contribution < 1.29 is 9.59 Å². The summed E-state index contributed by atoms with van der Waals surface area (Å²) < 4.78 is 0. The maximum atomic E-state index is 11.0. The predicted molar refractivity (Wildman–Crippen MR) is 56.7 cm³/mol. The standard InChI is InChI=1S/C8H16N2O2.CH5N/c1-7(11)9-6-4-5-8(12)10(2)3;1-2/h4-6H2,1-3H3,(H,9,11);2H2,1H3. The van der Waals surface area contributed by atoms with E-state index in [1.54, 1.807) is 19.0 Å². The van der Waals surface area contributed by atoms with Crippen molar-refractivity contribution in [1.29, 1.82) is 0 Å². The summed E-state index contributed by atoms with van der Waals surface area (Å²) in [4.78, 5) is 23.0. The predicted octanol–water partition coefficient (Wildman–Crippen LogP) is -0.434. The number of carbonyl (C=O) groups excluding carboxylic acids is 2. The van der Waals surface area contributed by atoms with Crippen LogP contribution in [-0.4, -0.2) is 44.4 Å². The van der Waals surface area contributed by atoms with Crippen LogP contribution in [0.2, 0.25) is 0 Å². The first-order chi connectivity index (χ1) is 6.54. The van der Waals surface area contributed by atoms with E-state index in [1.807, 2.05) is 0 Å². The fourth-order valence-electron chi connectivity index (χ4n) is 0.728. The highest BCUT2D eigenvalue weighted by Crippen LogP contribution is 1.91. The van der Waals surface area contributed by atoms with Crippen molar-refractivity contribution in [3.05, 3.63) is 0 Å². The molecule has 0 saturated heterocycles. The maximum absolute atomic E-state index is 11.0. The number of hydrogen-bond donors (Lipinski definition) is 2. The molecule has 14 heavy (non-hydrogen) atoms.